The minimum absolute atomic E-state index is 0.199. The van der Waals surface area contributed by atoms with Crippen molar-refractivity contribution in [1.82, 2.24) is 14.7 Å². The zero-order valence-electron chi connectivity index (χ0n) is 18.2. The molecule has 0 spiro atoms. The number of nitrogens with zero attached hydrogens (tertiary/aromatic N) is 3. The highest BCUT2D eigenvalue weighted by Gasteiger charge is 2.41. The highest BCUT2D eigenvalue weighted by molar-refractivity contribution is 5.69. The first-order valence-electron chi connectivity index (χ1n) is 11.5. The third-order valence-corrected chi connectivity index (χ3v) is 7.12. The van der Waals surface area contributed by atoms with E-state index in [1.807, 2.05) is 0 Å². The molecule has 0 bridgehead atoms. The molecule has 0 radical (unpaired) electrons. The van der Waals surface area contributed by atoms with E-state index in [1.165, 1.54) is 38.5 Å². The van der Waals surface area contributed by atoms with Crippen LogP contribution in [0.5, 0.6) is 0 Å². The lowest BCUT2D eigenvalue weighted by atomic mass is 9.82. The molecular formula is C22H43N3O2. The number of aliphatic carboxylic acids is 1. The van der Waals surface area contributed by atoms with Crippen molar-refractivity contribution in [2.45, 2.75) is 103 Å². The highest BCUT2D eigenvalue weighted by atomic mass is 16.4. The van der Waals surface area contributed by atoms with Crippen LogP contribution in [0.15, 0.2) is 0 Å². The Kier molecular flexibility index (Phi) is 9.54. The molecule has 2 rings (SSSR count). The summed E-state index contributed by atoms with van der Waals surface area (Å²) in [6, 6.07) is 1.78. The third kappa shape index (κ3) is 5.68. The number of carboxylic acids is 1. The van der Waals surface area contributed by atoms with E-state index < -0.39 is 5.97 Å². The molecule has 0 aromatic carbocycles. The van der Waals surface area contributed by atoms with Crippen molar-refractivity contribution in [3.8, 4) is 0 Å². The van der Waals surface area contributed by atoms with Gasteiger partial charge in [-0.25, -0.2) is 0 Å². The second-order valence-corrected chi connectivity index (χ2v) is 8.35. The summed E-state index contributed by atoms with van der Waals surface area (Å²) in [4.78, 5) is 19.4. The molecule has 0 amide bonds. The summed E-state index contributed by atoms with van der Waals surface area (Å²) in [5.41, 5.74) is 0. The van der Waals surface area contributed by atoms with E-state index >= 15 is 0 Å². The van der Waals surface area contributed by atoms with Crippen LogP contribution >= 0.6 is 0 Å². The third-order valence-electron chi connectivity index (χ3n) is 7.12. The first kappa shape index (κ1) is 22.6. The fraction of sp³-hybridized carbons (Fsp3) is 0.955. The molecule has 0 aromatic rings. The van der Waals surface area contributed by atoms with Gasteiger partial charge in [0.15, 0.2) is 0 Å². The molecule has 27 heavy (non-hydrogen) atoms. The Morgan fingerprint density at radius 1 is 0.704 bits per heavy atom. The molecule has 0 aliphatic heterocycles. The Morgan fingerprint density at radius 2 is 1.04 bits per heavy atom. The summed E-state index contributed by atoms with van der Waals surface area (Å²) >= 11 is 0. The van der Waals surface area contributed by atoms with Gasteiger partial charge in [0.05, 0.1) is 6.54 Å². The lowest BCUT2D eigenvalue weighted by molar-refractivity contribution is -0.141. The van der Waals surface area contributed by atoms with Crippen LogP contribution in [0.2, 0.25) is 0 Å². The van der Waals surface area contributed by atoms with Gasteiger partial charge in [0, 0.05) is 24.2 Å². The molecule has 1 N–H and O–H groups in total. The molecule has 0 saturated heterocycles. The second kappa shape index (κ2) is 11.4. The van der Waals surface area contributed by atoms with E-state index in [0.29, 0.717) is 24.2 Å². The predicted molar refractivity (Wildman–Crippen MR) is 112 cm³/mol. The maximum Gasteiger partial charge on any atom is 0.317 e. The van der Waals surface area contributed by atoms with Crippen molar-refractivity contribution in [3.63, 3.8) is 0 Å². The summed E-state index contributed by atoms with van der Waals surface area (Å²) in [5, 5.41) is 9.75. The first-order valence-corrected chi connectivity index (χ1v) is 11.5. The minimum atomic E-state index is -0.664. The summed E-state index contributed by atoms with van der Waals surface area (Å²) in [7, 11) is 0. The highest BCUT2D eigenvalue weighted by Crippen LogP contribution is 2.34. The smallest absolute Gasteiger partial charge is 0.317 e. The Balaban J connectivity index is 2.31. The lowest BCUT2D eigenvalue weighted by Gasteiger charge is -2.51. The van der Waals surface area contributed by atoms with Crippen LogP contribution in [-0.4, -0.2) is 82.7 Å². The van der Waals surface area contributed by atoms with Gasteiger partial charge in [-0.05, 0) is 51.9 Å². The largest absolute Gasteiger partial charge is 0.480 e. The van der Waals surface area contributed by atoms with E-state index in [2.05, 4.69) is 42.4 Å². The summed E-state index contributed by atoms with van der Waals surface area (Å²) in [6.07, 6.45) is 9.76. The fourth-order valence-electron chi connectivity index (χ4n) is 5.83. The van der Waals surface area contributed by atoms with Crippen LogP contribution in [0.25, 0.3) is 0 Å². The molecule has 2 fully saturated rings. The number of carboxylic acid groups (broad SMARTS) is 1. The van der Waals surface area contributed by atoms with E-state index in [4.69, 9.17) is 0 Å². The maximum absolute atomic E-state index is 11.9. The normalized spacial score (nSPS) is 29.6. The van der Waals surface area contributed by atoms with Gasteiger partial charge in [-0.3, -0.25) is 19.5 Å². The minimum Gasteiger partial charge on any atom is -0.480 e. The van der Waals surface area contributed by atoms with Gasteiger partial charge in [0.25, 0.3) is 0 Å². The quantitative estimate of drug-likeness (QED) is 0.625. The van der Waals surface area contributed by atoms with Crippen LogP contribution in [0, 0.1) is 0 Å². The standard InChI is InChI=1S/C22H43N3O2/c1-5-23(6-2)18-13-9-11-15-20(18)25(17-22(26)27)21-16-12-10-14-19(21)24(7-3)8-4/h18-21H,5-17H2,1-4H3,(H,26,27). The predicted octanol–water partition coefficient (Wildman–Crippen LogP) is 3.68. The summed E-state index contributed by atoms with van der Waals surface area (Å²) in [5.74, 6) is -0.664. The fourth-order valence-corrected chi connectivity index (χ4v) is 5.83. The molecule has 158 valence electrons. The molecule has 2 aliphatic carbocycles. The number of hydrogen-bond donors (Lipinski definition) is 1. The van der Waals surface area contributed by atoms with Crippen LogP contribution < -0.4 is 0 Å². The molecule has 5 heteroatoms. The van der Waals surface area contributed by atoms with Gasteiger partial charge >= 0.3 is 5.97 Å². The number of hydrogen-bond acceptors (Lipinski definition) is 4. The van der Waals surface area contributed by atoms with Gasteiger partial charge in [-0.1, -0.05) is 53.4 Å². The average molecular weight is 382 g/mol. The molecule has 2 saturated carbocycles. The zero-order chi connectivity index (χ0) is 19.8. The van der Waals surface area contributed by atoms with Crippen LogP contribution in [0.4, 0.5) is 0 Å². The lowest BCUT2D eigenvalue weighted by Crippen LogP contribution is -2.62. The van der Waals surface area contributed by atoms with Crippen molar-refractivity contribution in [2.75, 3.05) is 32.7 Å². The Labute approximate surface area is 167 Å². The SMILES string of the molecule is CCN(CC)C1CCCCC1N(CC(=O)O)C1CCCCC1N(CC)CC. The molecule has 4 unspecified atom stereocenters. The van der Waals surface area contributed by atoms with Gasteiger partial charge in [-0.2, -0.15) is 0 Å². The molecule has 0 heterocycles. The topological polar surface area (TPSA) is 47.0 Å². The van der Waals surface area contributed by atoms with Crippen molar-refractivity contribution in [2.24, 2.45) is 0 Å². The van der Waals surface area contributed by atoms with Crippen molar-refractivity contribution in [1.29, 1.82) is 0 Å². The second-order valence-electron chi connectivity index (χ2n) is 8.35. The molecule has 5 nitrogen and oxygen atoms in total. The van der Waals surface area contributed by atoms with Gasteiger partial charge in [0.1, 0.15) is 0 Å². The average Bonchev–Trinajstić information content (AvgIpc) is 2.69. The summed E-state index contributed by atoms with van der Waals surface area (Å²) < 4.78 is 0. The van der Waals surface area contributed by atoms with Crippen molar-refractivity contribution >= 4 is 5.97 Å². The Bertz CT molecular complexity index is 405. The van der Waals surface area contributed by atoms with Gasteiger partial charge in [-0.15, -0.1) is 0 Å². The number of carbonyl (C=O) groups is 1. The van der Waals surface area contributed by atoms with E-state index in [1.54, 1.807) is 0 Å². The number of likely N-dealkylation sites (N-methyl/N-ethyl adjacent to an activating group) is 2. The maximum atomic E-state index is 11.9. The molecule has 0 aromatic heterocycles. The van der Waals surface area contributed by atoms with E-state index in [9.17, 15) is 9.90 Å². The summed E-state index contributed by atoms with van der Waals surface area (Å²) in [6.45, 7) is 13.4. The van der Waals surface area contributed by atoms with Gasteiger partial charge < -0.3 is 5.11 Å². The molecular weight excluding hydrogens is 338 g/mol. The first-order chi connectivity index (χ1) is 13.1. The molecule has 4 atom stereocenters. The van der Waals surface area contributed by atoms with Crippen LogP contribution in [-0.2, 0) is 4.79 Å². The van der Waals surface area contributed by atoms with Gasteiger partial charge in [0.2, 0.25) is 0 Å². The zero-order valence-corrected chi connectivity index (χ0v) is 18.2. The Morgan fingerprint density at radius 3 is 1.33 bits per heavy atom. The molecule has 2 aliphatic rings. The van der Waals surface area contributed by atoms with E-state index in [0.717, 1.165) is 39.0 Å². The van der Waals surface area contributed by atoms with E-state index in [-0.39, 0.29) is 6.54 Å². The van der Waals surface area contributed by atoms with Crippen molar-refractivity contribution < 1.29 is 9.90 Å². The van der Waals surface area contributed by atoms with Crippen LogP contribution in [0.1, 0.15) is 79.1 Å². The van der Waals surface area contributed by atoms with Crippen LogP contribution in [0.3, 0.4) is 0 Å². The Hall–Kier alpha value is -0.650. The van der Waals surface area contributed by atoms with Crippen molar-refractivity contribution in [3.05, 3.63) is 0 Å². The monoisotopic (exact) mass is 381 g/mol. The number of rotatable bonds is 10.